The molecule has 1 N–H and O–H groups in total. The number of carbonyl (C=O) groups excluding carboxylic acids is 1. The fourth-order valence-corrected chi connectivity index (χ4v) is 6.22. The summed E-state index contributed by atoms with van der Waals surface area (Å²) in [4.78, 5) is 11.7. The Kier molecular flexibility index (Phi) is 23.4. The van der Waals surface area contributed by atoms with Crippen LogP contribution in [-0.2, 0) is 23.6 Å². The summed E-state index contributed by atoms with van der Waals surface area (Å²) in [6.45, 7) is 11.1. The summed E-state index contributed by atoms with van der Waals surface area (Å²) in [6, 6.07) is 0. The number of rotatable bonds is 27. The van der Waals surface area contributed by atoms with E-state index in [4.69, 9.17) is 14.2 Å². The molecule has 0 spiro atoms. The van der Waals surface area contributed by atoms with Crippen molar-refractivity contribution in [2.75, 3.05) is 12.4 Å². The molecule has 0 saturated heterocycles. The van der Waals surface area contributed by atoms with E-state index in [2.05, 4.69) is 13.8 Å². The van der Waals surface area contributed by atoms with Gasteiger partial charge in [-0.05, 0) is 38.9 Å². The molecule has 226 valence electrons. The quantitative estimate of drug-likeness (QED) is 0.0450. The number of aliphatic hydroxyl groups is 1. The van der Waals surface area contributed by atoms with Crippen LogP contribution in [0.4, 0.5) is 0 Å². The van der Waals surface area contributed by atoms with Crippen LogP contribution in [0.15, 0.2) is 0 Å². The minimum Gasteiger partial charge on any atom is -0.438 e. The first kappa shape index (κ1) is 37.8. The Bertz CT molecular complexity index is 595. The molecule has 0 aromatic rings. The lowest BCUT2D eigenvalue weighted by molar-refractivity contribution is -0.413. The summed E-state index contributed by atoms with van der Waals surface area (Å²) < 4.78 is 29.2. The summed E-state index contributed by atoms with van der Waals surface area (Å²) in [7, 11) is -0.586. The van der Waals surface area contributed by atoms with Crippen molar-refractivity contribution in [2.24, 2.45) is 0 Å². The van der Waals surface area contributed by atoms with Gasteiger partial charge in [-0.25, -0.2) is 0 Å². The van der Waals surface area contributed by atoms with Gasteiger partial charge in [0.2, 0.25) is 8.46 Å². The molecule has 0 aromatic carbocycles. The lowest BCUT2D eigenvalue weighted by Crippen LogP contribution is -2.57. The van der Waals surface area contributed by atoms with E-state index in [-0.39, 0.29) is 18.0 Å². The maximum absolute atomic E-state index is 12.1. The molecule has 0 aliphatic carbocycles. The Morgan fingerprint density at radius 3 is 1.82 bits per heavy atom. The van der Waals surface area contributed by atoms with Gasteiger partial charge in [-0.1, -0.05) is 111 Å². The van der Waals surface area contributed by atoms with Crippen molar-refractivity contribution < 1.29 is 28.7 Å². The van der Waals surface area contributed by atoms with E-state index in [1.54, 1.807) is 0 Å². The van der Waals surface area contributed by atoms with Crippen LogP contribution in [-0.4, -0.2) is 46.1 Å². The minimum atomic E-state index is -2.31. The van der Waals surface area contributed by atoms with Crippen LogP contribution in [0, 0.1) is 0 Å². The fourth-order valence-electron chi connectivity index (χ4n) is 4.49. The Hall–Kier alpha value is -0.200. The van der Waals surface area contributed by atoms with Crippen LogP contribution < -0.4 is 0 Å². The highest BCUT2D eigenvalue weighted by Gasteiger charge is 2.56. The standard InChI is InChI=1S/C30H59O6PS/c1-7-10-12-14-16-18-20-22-25-38-28(23-21-19-17-15-13-11-8-2)26(4)35-30(32,34-24-9-3)29(6,37-33)36-27(5)31/h26,28,32H,7-25H2,1-6H3. The molecule has 38 heavy (non-hydrogen) atoms. The molecule has 4 atom stereocenters. The van der Waals surface area contributed by atoms with Crippen molar-refractivity contribution in [2.45, 2.75) is 173 Å². The van der Waals surface area contributed by atoms with Gasteiger partial charge in [0.25, 0.3) is 5.34 Å². The van der Waals surface area contributed by atoms with E-state index < -0.39 is 25.7 Å². The zero-order chi connectivity index (χ0) is 28.7. The second-order valence-corrected chi connectivity index (χ2v) is 13.1. The second-order valence-electron chi connectivity index (χ2n) is 10.7. The smallest absolute Gasteiger partial charge is 0.334 e. The van der Waals surface area contributed by atoms with Crippen molar-refractivity contribution in [1.29, 1.82) is 0 Å². The molecule has 0 aliphatic heterocycles. The Morgan fingerprint density at radius 2 is 1.34 bits per heavy atom. The Labute approximate surface area is 240 Å². The summed E-state index contributed by atoms with van der Waals surface area (Å²) in [5.41, 5.74) is 0. The van der Waals surface area contributed by atoms with Gasteiger partial charge >= 0.3 is 11.9 Å². The molecular formula is C30H59O6PS. The van der Waals surface area contributed by atoms with Gasteiger partial charge in [0.05, 0.1) is 12.7 Å². The lowest BCUT2D eigenvalue weighted by atomic mass is 10.1. The number of hydrogen-bond acceptors (Lipinski definition) is 7. The molecule has 6 nitrogen and oxygen atoms in total. The second kappa shape index (κ2) is 23.5. The first-order valence-corrected chi connectivity index (χ1v) is 17.3. The van der Waals surface area contributed by atoms with Crippen molar-refractivity contribution in [3.63, 3.8) is 0 Å². The van der Waals surface area contributed by atoms with Crippen LogP contribution >= 0.6 is 20.2 Å². The number of carbonyl (C=O) groups is 1. The fraction of sp³-hybridized carbons (Fsp3) is 0.967. The maximum atomic E-state index is 12.1. The predicted molar refractivity (Wildman–Crippen MR) is 161 cm³/mol. The summed E-state index contributed by atoms with van der Waals surface area (Å²) in [5, 5.41) is 9.70. The van der Waals surface area contributed by atoms with E-state index in [9.17, 15) is 14.5 Å². The molecule has 8 heteroatoms. The molecule has 0 bridgehead atoms. The van der Waals surface area contributed by atoms with E-state index in [0.717, 1.165) is 18.6 Å². The number of ether oxygens (including phenoxy) is 3. The molecule has 0 aliphatic rings. The normalized spacial score (nSPS) is 16.6. The highest BCUT2D eigenvalue weighted by molar-refractivity contribution is 7.99. The first-order chi connectivity index (χ1) is 18.2. The molecular weight excluding hydrogens is 519 g/mol. The number of unbranched alkanes of at least 4 members (excludes halogenated alkanes) is 13. The van der Waals surface area contributed by atoms with E-state index in [0.29, 0.717) is 6.42 Å². The average molecular weight is 579 g/mol. The van der Waals surface area contributed by atoms with Gasteiger partial charge in [0.1, 0.15) is 0 Å². The molecule has 0 rings (SSSR count). The number of thioether (sulfide) groups is 1. The largest absolute Gasteiger partial charge is 0.438 e. The maximum Gasteiger partial charge on any atom is 0.334 e. The molecule has 0 radical (unpaired) electrons. The molecule has 0 saturated carbocycles. The highest BCUT2D eigenvalue weighted by Crippen LogP contribution is 2.40. The van der Waals surface area contributed by atoms with Crippen molar-refractivity contribution in [3.8, 4) is 0 Å². The zero-order valence-corrected chi connectivity index (χ0v) is 27.1. The van der Waals surface area contributed by atoms with E-state index in [1.807, 2.05) is 25.6 Å². The van der Waals surface area contributed by atoms with Gasteiger partial charge in [-0.3, -0.25) is 9.36 Å². The topological polar surface area (TPSA) is 82.1 Å². The zero-order valence-electron chi connectivity index (χ0n) is 25.4. The number of hydrogen-bond donors (Lipinski definition) is 1. The summed E-state index contributed by atoms with van der Waals surface area (Å²) in [5.74, 6) is -1.93. The molecule has 0 amide bonds. The third-order valence-electron chi connectivity index (χ3n) is 6.90. The van der Waals surface area contributed by atoms with E-state index in [1.165, 1.54) is 104 Å². The van der Waals surface area contributed by atoms with Crippen LogP contribution in [0.25, 0.3) is 0 Å². The van der Waals surface area contributed by atoms with Crippen LogP contribution in [0.3, 0.4) is 0 Å². The average Bonchev–Trinajstić information content (AvgIpc) is 2.88. The predicted octanol–water partition coefficient (Wildman–Crippen LogP) is 9.42. The first-order valence-electron chi connectivity index (χ1n) is 15.4. The third-order valence-corrected chi connectivity index (χ3v) is 9.19. The monoisotopic (exact) mass is 578 g/mol. The Balaban J connectivity index is 5.14. The van der Waals surface area contributed by atoms with Crippen LogP contribution in [0.1, 0.15) is 151 Å². The molecule has 4 unspecified atom stereocenters. The van der Waals surface area contributed by atoms with Crippen molar-refractivity contribution in [1.82, 2.24) is 0 Å². The summed E-state index contributed by atoms with van der Waals surface area (Å²) >= 11 is 1.89. The van der Waals surface area contributed by atoms with Crippen LogP contribution in [0.2, 0.25) is 0 Å². The van der Waals surface area contributed by atoms with Crippen molar-refractivity contribution >= 4 is 26.2 Å². The van der Waals surface area contributed by atoms with Gasteiger partial charge in [0.15, 0.2) is 0 Å². The highest BCUT2D eigenvalue weighted by atomic mass is 32.2. The van der Waals surface area contributed by atoms with Crippen LogP contribution in [0.5, 0.6) is 0 Å². The minimum absolute atomic E-state index is 0.150. The molecule has 0 aromatic heterocycles. The molecule has 0 fully saturated rings. The van der Waals surface area contributed by atoms with E-state index >= 15 is 0 Å². The van der Waals surface area contributed by atoms with Crippen molar-refractivity contribution in [3.05, 3.63) is 0 Å². The lowest BCUT2D eigenvalue weighted by Gasteiger charge is -2.41. The van der Waals surface area contributed by atoms with Gasteiger partial charge < -0.3 is 19.3 Å². The van der Waals surface area contributed by atoms with Gasteiger partial charge in [0, 0.05) is 12.2 Å². The SMILES string of the molecule is CCCCCCCCCCSC(CCCCCCCCC)C(C)OC(O)(OCCC)C(C)(OC(C)=O)P=O. The van der Waals surface area contributed by atoms with Gasteiger partial charge in [-0.15, -0.1) is 0 Å². The Morgan fingerprint density at radius 1 is 0.842 bits per heavy atom. The van der Waals surface area contributed by atoms with Gasteiger partial charge in [-0.2, -0.15) is 11.8 Å². The third kappa shape index (κ3) is 16.8. The molecule has 0 heterocycles. The number of esters is 1. The summed E-state index contributed by atoms with van der Waals surface area (Å²) in [6.07, 6.45) is 20.2.